The van der Waals surface area contributed by atoms with Crippen molar-refractivity contribution in [1.82, 2.24) is 10.3 Å². The van der Waals surface area contributed by atoms with Crippen molar-refractivity contribution in [2.45, 2.75) is 70.9 Å². The molecule has 0 amide bonds. The molecule has 0 unspecified atom stereocenters. The first-order valence-corrected chi connectivity index (χ1v) is 7.62. The van der Waals surface area contributed by atoms with E-state index in [0.29, 0.717) is 0 Å². The predicted molar refractivity (Wildman–Crippen MR) is 74.5 cm³/mol. The second-order valence-electron chi connectivity index (χ2n) is 6.10. The molecule has 2 nitrogen and oxygen atoms in total. The zero-order valence-electron chi connectivity index (χ0n) is 11.3. The number of nitrogens with zero attached hydrogens (tertiary/aromatic N) is 1. The minimum Gasteiger partial charge on any atom is -0.306 e. The van der Waals surface area contributed by atoms with E-state index in [-0.39, 0.29) is 5.54 Å². The Bertz CT molecular complexity index is 345. The van der Waals surface area contributed by atoms with Crippen LogP contribution in [0.3, 0.4) is 0 Å². The van der Waals surface area contributed by atoms with Crippen LogP contribution in [0.1, 0.15) is 69.5 Å². The van der Waals surface area contributed by atoms with Gasteiger partial charge in [0.05, 0.1) is 5.69 Å². The Morgan fingerprint density at radius 3 is 2.65 bits per heavy atom. The molecule has 1 aliphatic carbocycles. The zero-order valence-corrected chi connectivity index (χ0v) is 12.1. The highest BCUT2D eigenvalue weighted by atomic mass is 32.1. The third-order valence-corrected chi connectivity index (χ3v) is 4.23. The molecule has 0 atom stereocenters. The predicted octanol–water partition coefficient (Wildman–Crippen LogP) is 4.08. The van der Waals surface area contributed by atoms with Gasteiger partial charge in [0.1, 0.15) is 5.01 Å². The minimum absolute atomic E-state index is 0.177. The van der Waals surface area contributed by atoms with E-state index in [4.69, 9.17) is 4.98 Å². The molecule has 1 aromatic rings. The van der Waals surface area contributed by atoms with Crippen molar-refractivity contribution in [2.75, 3.05) is 0 Å². The number of thiazole rings is 1. The quantitative estimate of drug-likeness (QED) is 0.877. The number of nitrogens with one attached hydrogen (secondary N) is 1. The smallest absolute Gasteiger partial charge is 0.107 e. The molecule has 0 bridgehead atoms. The Labute approximate surface area is 109 Å². The van der Waals surface area contributed by atoms with Gasteiger partial charge < -0.3 is 5.32 Å². The van der Waals surface area contributed by atoms with E-state index in [0.717, 1.165) is 12.5 Å². The number of aromatic nitrogens is 1. The van der Waals surface area contributed by atoms with E-state index in [1.807, 2.05) is 11.3 Å². The molecule has 1 fully saturated rings. The van der Waals surface area contributed by atoms with E-state index in [1.54, 1.807) is 0 Å². The van der Waals surface area contributed by atoms with E-state index in [2.05, 4.69) is 31.5 Å². The van der Waals surface area contributed by atoms with Gasteiger partial charge in [0.2, 0.25) is 0 Å². The number of hydrogen-bond donors (Lipinski definition) is 1. The molecular weight excluding hydrogens is 228 g/mol. The summed E-state index contributed by atoms with van der Waals surface area (Å²) < 4.78 is 0. The molecule has 1 N–H and O–H groups in total. The lowest BCUT2D eigenvalue weighted by atomic mass is 9.87. The second kappa shape index (κ2) is 5.49. The van der Waals surface area contributed by atoms with Crippen molar-refractivity contribution < 1.29 is 0 Å². The Hall–Kier alpha value is -0.410. The fourth-order valence-corrected chi connectivity index (χ4v) is 3.15. The highest BCUT2D eigenvalue weighted by molar-refractivity contribution is 7.09. The maximum absolute atomic E-state index is 4.79. The molecule has 0 aliphatic heterocycles. The van der Waals surface area contributed by atoms with Gasteiger partial charge in [-0.05, 0) is 33.6 Å². The summed E-state index contributed by atoms with van der Waals surface area (Å²) in [6.07, 6.45) is 6.88. The molecule has 0 aromatic carbocycles. The van der Waals surface area contributed by atoms with Crippen LogP contribution in [-0.4, -0.2) is 10.5 Å². The molecular formula is C14H24N2S. The van der Waals surface area contributed by atoms with E-state index in [9.17, 15) is 0 Å². The van der Waals surface area contributed by atoms with Gasteiger partial charge in [-0.2, -0.15) is 0 Å². The van der Waals surface area contributed by atoms with Crippen LogP contribution >= 0.6 is 11.3 Å². The molecule has 2 rings (SSSR count). The first kappa shape index (κ1) is 13.0. The molecule has 1 saturated carbocycles. The van der Waals surface area contributed by atoms with Crippen molar-refractivity contribution >= 4 is 11.3 Å². The van der Waals surface area contributed by atoms with E-state index >= 15 is 0 Å². The standard InChI is InChI=1S/C14H24N2S/c1-14(2,3)15-9-13-16-12(10-17-13)11-7-5-4-6-8-11/h10-11,15H,4-9H2,1-3H3. The summed E-state index contributed by atoms with van der Waals surface area (Å²) in [4.78, 5) is 4.79. The van der Waals surface area contributed by atoms with Crippen LogP contribution in [0.5, 0.6) is 0 Å². The van der Waals surface area contributed by atoms with Crippen LogP contribution in [0, 0.1) is 0 Å². The Balaban J connectivity index is 1.91. The van der Waals surface area contributed by atoms with Crippen molar-refractivity contribution in [3.05, 3.63) is 16.1 Å². The van der Waals surface area contributed by atoms with E-state index in [1.165, 1.54) is 42.8 Å². The van der Waals surface area contributed by atoms with Crippen molar-refractivity contribution in [3.63, 3.8) is 0 Å². The Morgan fingerprint density at radius 1 is 1.29 bits per heavy atom. The van der Waals surface area contributed by atoms with Crippen LogP contribution in [0.15, 0.2) is 5.38 Å². The Kier molecular flexibility index (Phi) is 4.21. The van der Waals surface area contributed by atoms with Crippen LogP contribution in [0.25, 0.3) is 0 Å². The molecule has 1 heterocycles. The first-order chi connectivity index (χ1) is 8.04. The van der Waals surface area contributed by atoms with Crippen LogP contribution in [0.4, 0.5) is 0 Å². The number of hydrogen-bond acceptors (Lipinski definition) is 3. The summed E-state index contributed by atoms with van der Waals surface area (Å²) >= 11 is 1.81. The van der Waals surface area contributed by atoms with Gasteiger partial charge in [-0.1, -0.05) is 19.3 Å². The molecule has 0 radical (unpaired) electrons. The van der Waals surface area contributed by atoms with Gasteiger partial charge in [0.25, 0.3) is 0 Å². The van der Waals surface area contributed by atoms with Gasteiger partial charge in [-0.3, -0.25) is 0 Å². The lowest BCUT2D eigenvalue weighted by Crippen LogP contribution is -2.35. The second-order valence-corrected chi connectivity index (χ2v) is 7.05. The van der Waals surface area contributed by atoms with Crippen molar-refractivity contribution in [1.29, 1.82) is 0 Å². The average Bonchev–Trinajstić information content (AvgIpc) is 2.75. The average molecular weight is 252 g/mol. The van der Waals surface area contributed by atoms with Gasteiger partial charge >= 0.3 is 0 Å². The topological polar surface area (TPSA) is 24.9 Å². The molecule has 3 heteroatoms. The first-order valence-electron chi connectivity index (χ1n) is 6.74. The molecule has 1 aliphatic rings. The Morgan fingerprint density at radius 2 is 2.00 bits per heavy atom. The summed E-state index contributed by atoms with van der Waals surface area (Å²) in [5.41, 5.74) is 1.52. The third kappa shape index (κ3) is 4.07. The summed E-state index contributed by atoms with van der Waals surface area (Å²) in [5, 5.41) is 7.01. The fourth-order valence-electron chi connectivity index (χ4n) is 2.33. The maximum atomic E-state index is 4.79. The SMILES string of the molecule is CC(C)(C)NCc1nc(C2CCCCC2)cs1. The van der Waals surface area contributed by atoms with Crippen LogP contribution < -0.4 is 5.32 Å². The van der Waals surface area contributed by atoms with Crippen LogP contribution in [0.2, 0.25) is 0 Å². The highest BCUT2D eigenvalue weighted by Gasteiger charge is 2.18. The third-order valence-electron chi connectivity index (χ3n) is 3.36. The van der Waals surface area contributed by atoms with Crippen molar-refractivity contribution in [3.8, 4) is 0 Å². The highest BCUT2D eigenvalue weighted by Crippen LogP contribution is 2.33. The molecule has 0 saturated heterocycles. The molecule has 0 spiro atoms. The summed E-state index contributed by atoms with van der Waals surface area (Å²) in [5.74, 6) is 0.739. The van der Waals surface area contributed by atoms with Gasteiger partial charge in [0, 0.05) is 23.4 Å². The normalized spacial score (nSPS) is 18.5. The lowest BCUT2D eigenvalue weighted by Gasteiger charge is -2.20. The summed E-state index contributed by atoms with van der Waals surface area (Å²) in [6, 6.07) is 0. The molecule has 1 aromatic heterocycles. The monoisotopic (exact) mass is 252 g/mol. The van der Waals surface area contributed by atoms with Gasteiger partial charge in [-0.25, -0.2) is 4.98 Å². The fraction of sp³-hybridized carbons (Fsp3) is 0.786. The molecule has 17 heavy (non-hydrogen) atoms. The van der Waals surface area contributed by atoms with Gasteiger partial charge in [-0.15, -0.1) is 11.3 Å². The lowest BCUT2D eigenvalue weighted by molar-refractivity contribution is 0.420. The number of rotatable bonds is 3. The minimum atomic E-state index is 0.177. The van der Waals surface area contributed by atoms with Gasteiger partial charge in [0.15, 0.2) is 0 Å². The summed E-state index contributed by atoms with van der Waals surface area (Å²) in [6.45, 7) is 7.49. The zero-order chi connectivity index (χ0) is 12.3. The largest absolute Gasteiger partial charge is 0.306 e. The van der Waals surface area contributed by atoms with Crippen molar-refractivity contribution in [2.24, 2.45) is 0 Å². The van der Waals surface area contributed by atoms with Crippen LogP contribution in [-0.2, 0) is 6.54 Å². The summed E-state index contributed by atoms with van der Waals surface area (Å²) in [7, 11) is 0. The van der Waals surface area contributed by atoms with E-state index < -0.39 is 0 Å². The molecule has 96 valence electrons. The maximum Gasteiger partial charge on any atom is 0.107 e.